The van der Waals surface area contributed by atoms with Crippen molar-refractivity contribution in [2.24, 2.45) is 0 Å². The molecule has 0 saturated carbocycles. The van der Waals surface area contributed by atoms with Gasteiger partial charge in [0.2, 0.25) is 0 Å². The summed E-state index contributed by atoms with van der Waals surface area (Å²) >= 11 is 1.26. The maximum Gasteiger partial charge on any atom is 0.272 e. The number of nitrogens with one attached hydrogen (secondary N) is 4. The van der Waals surface area contributed by atoms with Crippen molar-refractivity contribution in [3.63, 3.8) is 0 Å². The van der Waals surface area contributed by atoms with Crippen LogP contribution in [-0.2, 0) is 0 Å². The van der Waals surface area contributed by atoms with Crippen molar-refractivity contribution < 1.29 is 4.79 Å². The van der Waals surface area contributed by atoms with Gasteiger partial charge < -0.3 is 15.6 Å². The molecule has 0 aliphatic rings. The van der Waals surface area contributed by atoms with Gasteiger partial charge >= 0.3 is 0 Å². The largest absolute Gasteiger partial charge is 0.350 e. The van der Waals surface area contributed by atoms with Gasteiger partial charge in [-0.2, -0.15) is 9.47 Å². The van der Waals surface area contributed by atoms with E-state index in [2.05, 4.69) is 40.2 Å². The van der Waals surface area contributed by atoms with Crippen LogP contribution in [0.4, 0.5) is 16.5 Å². The number of carbonyl (C=O) groups excluding carboxylic acids is 1. The van der Waals surface area contributed by atoms with Crippen molar-refractivity contribution in [2.45, 2.75) is 6.92 Å². The number of aromatic nitrogens is 6. The Hall–Kier alpha value is -4.57. The SMILES string of the molecule is Cc1cc(NC(=O)c2cc3ccc(-c4nccc(Nc5ccc6[nH]ncc6c5)n4)cc3[nH]2)sn1. The van der Waals surface area contributed by atoms with Crippen molar-refractivity contribution in [3.8, 4) is 11.4 Å². The maximum atomic E-state index is 12.6. The normalized spacial score (nSPS) is 11.2. The molecule has 6 aromatic rings. The molecule has 4 N–H and O–H groups in total. The van der Waals surface area contributed by atoms with Crippen LogP contribution in [0.2, 0.25) is 0 Å². The molecule has 9 nitrogen and oxygen atoms in total. The third kappa shape index (κ3) is 3.86. The molecule has 6 rings (SSSR count). The summed E-state index contributed by atoms with van der Waals surface area (Å²) < 4.78 is 4.19. The van der Waals surface area contributed by atoms with Crippen LogP contribution in [0, 0.1) is 6.92 Å². The molecule has 0 aliphatic heterocycles. The van der Waals surface area contributed by atoms with Crippen molar-refractivity contribution >= 4 is 55.8 Å². The van der Waals surface area contributed by atoms with Crippen LogP contribution in [0.1, 0.15) is 16.2 Å². The summed E-state index contributed by atoms with van der Waals surface area (Å²) in [6, 6.07) is 17.3. The molecule has 1 amide bonds. The molecule has 0 radical (unpaired) electrons. The fraction of sp³-hybridized carbons (Fsp3) is 0.0417. The highest BCUT2D eigenvalue weighted by Gasteiger charge is 2.13. The van der Waals surface area contributed by atoms with E-state index in [1.165, 1.54) is 11.5 Å². The number of fused-ring (bicyclic) bond motifs is 2. The van der Waals surface area contributed by atoms with E-state index in [1.54, 1.807) is 12.4 Å². The fourth-order valence-corrected chi connectivity index (χ4v) is 4.38. The number of hydrogen-bond acceptors (Lipinski definition) is 7. The van der Waals surface area contributed by atoms with Gasteiger partial charge in [0.1, 0.15) is 16.5 Å². The van der Waals surface area contributed by atoms with Crippen LogP contribution in [0.5, 0.6) is 0 Å². The summed E-state index contributed by atoms with van der Waals surface area (Å²) in [5.74, 6) is 1.05. The fourth-order valence-electron chi connectivity index (χ4n) is 3.73. The minimum absolute atomic E-state index is 0.210. The first-order valence-corrected chi connectivity index (χ1v) is 11.3. The van der Waals surface area contributed by atoms with Crippen molar-refractivity contribution in [1.82, 2.24) is 29.5 Å². The number of anilines is 3. The van der Waals surface area contributed by atoms with Crippen LogP contribution < -0.4 is 10.6 Å². The Kier molecular flexibility index (Phi) is 4.77. The average Bonchev–Trinajstić information content (AvgIpc) is 3.58. The van der Waals surface area contributed by atoms with Gasteiger partial charge in [0.05, 0.1) is 17.4 Å². The second-order valence-electron chi connectivity index (χ2n) is 7.83. The minimum atomic E-state index is -0.210. The number of aryl methyl sites for hydroxylation is 1. The number of benzene rings is 2. The molecule has 2 aromatic carbocycles. The second-order valence-corrected chi connectivity index (χ2v) is 8.64. The molecule has 0 atom stereocenters. The molecular weight excluding hydrogens is 448 g/mol. The van der Waals surface area contributed by atoms with E-state index in [4.69, 9.17) is 0 Å². The molecule has 34 heavy (non-hydrogen) atoms. The maximum absolute atomic E-state index is 12.6. The molecule has 0 spiro atoms. The molecule has 0 saturated heterocycles. The van der Waals surface area contributed by atoms with Crippen LogP contribution >= 0.6 is 11.5 Å². The van der Waals surface area contributed by atoms with E-state index in [0.717, 1.165) is 38.8 Å². The Morgan fingerprint density at radius 2 is 1.94 bits per heavy atom. The van der Waals surface area contributed by atoms with Crippen LogP contribution in [0.25, 0.3) is 33.2 Å². The minimum Gasteiger partial charge on any atom is -0.350 e. The molecule has 0 bridgehead atoms. The highest BCUT2D eigenvalue weighted by molar-refractivity contribution is 7.10. The summed E-state index contributed by atoms with van der Waals surface area (Å²) in [4.78, 5) is 24.9. The topological polar surface area (TPSA) is 124 Å². The summed E-state index contributed by atoms with van der Waals surface area (Å²) in [5.41, 5.74) is 4.90. The van der Waals surface area contributed by atoms with Crippen molar-refractivity contribution in [3.05, 3.63) is 78.4 Å². The molecule has 166 valence electrons. The molecule has 10 heteroatoms. The Labute approximate surface area is 197 Å². The van der Waals surface area contributed by atoms with Crippen LogP contribution in [-0.4, -0.2) is 35.4 Å². The van der Waals surface area contributed by atoms with Crippen LogP contribution in [0.15, 0.2) is 67.0 Å². The second kappa shape index (κ2) is 8.09. The van der Waals surface area contributed by atoms with Gasteiger partial charge in [-0.3, -0.25) is 9.89 Å². The highest BCUT2D eigenvalue weighted by atomic mass is 32.1. The quantitative estimate of drug-likeness (QED) is 0.275. The van der Waals surface area contributed by atoms with Gasteiger partial charge in [-0.25, -0.2) is 9.97 Å². The molecule has 0 unspecified atom stereocenters. The first-order valence-electron chi connectivity index (χ1n) is 10.5. The number of H-pyrrole nitrogens is 2. The van der Waals surface area contributed by atoms with Gasteiger partial charge in [0.15, 0.2) is 5.82 Å². The Balaban J connectivity index is 1.25. The van der Waals surface area contributed by atoms with E-state index < -0.39 is 0 Å². The predicted molar refractivity (Wildman–Crippen MR) is 134 cm³/mol. The standard InChI is InChI=1S/C24H18N8OS/c1-13-8-22(34-32-13)30-24(33)20-10-14-2-3-15(11-19(14)28-20)23-25-7-6-21(29-23)27-17-4-5-18-16(9-17)12-26-31-18/h2-12,28H,1H3,(H,26,31)(H,30,33)(H,25,27,29). The number of rotatable bonds is 5. The van der Waals surface area contributed by atoms with Gasteiger partial charge in [0.25, 0.3) is 5.91 Å². The first-order chi connectivity index (χ1) is 16.6. The van der Waals surface area contributed by atoms with Gasteiger partial charge in [-0.1, -0.05) is 12.1 Å². The Morgan fingerprint density at radius 3 is 2.82 bits per heavy atom. The lowest BCUT2D eigenvalue weighted by Gasteiger charge is -2.07. The number of carbonyl (C=O) groups is 1. The molecule has 0 fully saturated rings. The predicted octanol–water partition coefficient (Wildman–Crippen LogP) is 5.26. The molecule has 4 heterocycles. The van der Waals surface area contributed by atoms with E-state index in [-0.39, 0.29) is 5.91 Å². The lowest BCUT2D eigenvalue weighted by Crippen LogP contribution is -2.11. The zero-order chi connectivity index (χ0) is 23.1. The van der Waals surface area contributed by atoms with Gasteiger partial charge in [-0.15, -0.1) is 0 Å². The Morgan fingerprint density at radius 1 is 1.00 bits per heavy atom. The van der Waals surface area contributed by atoms with E-state index >= 15 is 0 Å². The number of amides is 1. The molecule has 4 aromatic heterocycles. The van der Waals surface area contributed by atoms with E-state index in [9.17, 15) is 4.79 Å². The van der Waals surface area contributed by atoms with E-state index in [1.807, 2.05) is 61.5 Å². The van der Waals surface area contributed by atoms with E-state index in [0.29, 0.717) is 22.3 Å². The zero-order valence-electron chi connectivity index (χ0n) is 18.0. The summed E-state index contributed by atoms with van der Waals surface area (Å²) in [6.45, 7) is 1.89. The lowest BCUT2D eigenvalue weighted by atomic mass is 10.1. The van der Waals surface area contributed by atoms with Crippen molar-refractivity contribution in [1.29, 1.82) is 0 Å². The third-order valence-electron chi connectivity index (χ3n) is 5.36. The smallest absolute Gasteiger partial charge is 0.272 e. The third-order valence-corrected chi connectivity index (χ3v) is 6.15. The Bertz CT molecular complexity index is 1660. The molecular formula is C24H18N8OS. The summed E-state index contributed by atoms with van der Waals surface area (Å²) in [6.07, 6.45) is 3.50. The van der Waals surface area contributed by atoms with Gasteiger partial charge in [0, 0.05) is 33.7 Å². The summed E-state index contributed by atoms with van der Waals surface area (Å²) in [7, 11) is 0. The highest BCUT2D eigenvalue weighted by Crippen LogP contribution is 2.25. The van der Waals surface area contributed by atoms with Crippen molar-refractivity contribution in [2.75, 3.05) is 10.6 Å². The number of aromatic amines is 2. The zero-order valence-corrected chi connectivity index (χ0v) is 18.8. The summed E-state index contributed by atoms with van der Waals surface area (Å²) in [5, 5.41) is 15.8. The number of nitrogens with zero attached hydrogens (tertiary/aromatic N) is 4. The monoisotopic (exact) mass is 466 g/mol. The average molecular weight is 467 g/mol. The lowest BCUT2D eigenvalue weighted by molar-refractivity contribution is 0.102. The number of hydrogen-bond donors (Lipinski definition) is 4. The van der Waals surface area contributed by atoms with Crippen LogP contribution in [0.3, 0.4) is 0 Å². The molecule has 0 aliphatic carbocycles. The first kappa shape index (κ1) is 20.1. The van der Waals surface area contributed by atoms with Gasteiger partial charge in [-0.05, 0) is 60.9 Å².